The van der Waals surface area contributed by atoms with Gasteiger partial charge in [0.2, 0.25) is 0 Å². The predicted molar refractivity (Wildman–Crippen MR) is 269 cm³/mol. The number of hydrogen-bond donors (Lipinski definition) is 3. The van der Waals surface area contributed by atoms with Crippen LogP contribution in [-0.4, -0.2) is 66.3 Å². The lowest BCUT2D eigenvalue weighted by Crippen LogP contribution is -2.29. The number of rotatable bonds is 49. The lowest BCUT2D eigenvalue weighted by atomic mass is 10.0. The highest BCUT2D eigenvalue weighted by atomic mass is 31.2. The topological polar surface area (TPSA) is 132 Å². The van der Waals surface area contributed by atoms with Crippen LogP contribution in [0.1, 0.15) is 219 Å². The summed E-state index contributed by atoms with van der Waals surface area (Å²) in [5.74, 6) is -0.400. The molecule has 0 aromatic carbocycles. The lowest BCUT2D eigenvalue weighted by Gasteiger charge is -2.20. The van der Waals surface area contributed by atoms with E-state index in [1.54, 1.807) is 0 Å². The third-order valence-corrected chi connectivity index (χ3v) is 11.9. The van der Waals surface area contributed by atoms with E-state index in [4.69, 9.17) is 23.6 Å². The average molecular weight is 921 g/mol. The Bertz CT molecular complexity index is 1230. The zero-order valence-electron chi connectivity index (χ0n) is 41.0. The van der Waals surface area contributed by atoms with Crippen molar-refractivity contribution in [2.24, 2.45) is 0 Å². The van der Waals surface area contributed by atoms with Gasteiger partial charge in [0.15, 0.2) is 0 Å². The van der Waals surface area contributed by atoms with Crippen molar-refractivity contribution in [3.63, 3.8) is 0 Å². The van der Waals surface area contributed by atoms with Crippen molar-refractivity contribution in [2.75, 3.05) is 33.0 Å². The molecule has 0 aliphatic rings. The third-order valence-electron chi connectivity index (χ3n) is 10.9. The second-order valence-corrected chi connectivity index (χ2v) is 18.6. The second-order valence-electron chi connectivity index (χ2n) is 17.2. The number of hydrogen-bond acceptors (Lipinski definition) is 8. The van der Waals surface area contributed by atoms with Gasteiger partial charge in [0.05, 0.1) is 26.4 Å². The number of carbonyl (C=O) groups excluding carboxylic acids is 1. The molecule has 3 N–H and O–H groups in total. The lowest BCUT2D eigenvalue weighted by molar-refractivity contribution is -0.154. The smallest absolute Gasteiger partial charge is 0.457 e. The van der Waals surface area contributed by atoms with Crippen LogP contribution in [0.3, 0.4) is 0 Å². The van der Waals surface area contributed by atoms with Gasteiger partial charge in [-0.3, -0.25) is 13.8 Å². The third kappa shape index (κ3) is 49.3. The average Bonchev–Trinajstić information content (AvgIpc) is 3.29. The minimum atomic E-state index is -4.54. The fourth-order valence-electron chi connectivity index (χ4n) is 7.02. The molecule has 0 spiro atoms. The number of unbranched alkanes of at least 4 members (excludes halogenated alkanes) is 23. The summed E-state index contributed by atoms with van der Waals surface area (Å²) in [6.07, 6.45) is 61.7. The van der Waals surface area contributed by atoms with Crippen LogP contribution in [0.5, 0.6) is 0 Å². The summed E-state index contributed by atoms with van der Waals surface area (Å²) in [4.78, 5) is 22.7. The zero-order chi connectivity index (χ0) is 46.7. The zero-order valence-corrected chi connectivity index (χ0v) is 41.9. The molecule has 0 aromatic heterocycles. The highest BCUT2D eigenvalue weighted by Crippen LogP contribution is 2.43. The van der Waals surface area contributed by atoms with Gasteiger partial charge in [-0.05, 0) is 57.8 Å². The number of ether oxygens (including phenoxy) is 2. The molecule has 9 nitrogen and oxygen atoms in total. The molecule has 0 saturated heterocycles. The molecule has 0 aliphatic heterocycles. The summed E-state index contributed by atoms with van der Waals surface area (Å²) in [6.45, 7) is 3.27. The van der Waals surface area contributed by atoms with Gasteiger partial charge >= 0.3 is 13.8 Å². The molecule has 3 atom stereocenters. The molecular formula is C54H97O9P. The molecule has 0 radical (unpaired) electrons. The van der Waals surface area contributed by atoms with Crippen LogP contribution in [0.4, 0.5) is 0 Å². The molecule has 0 fully saturated rings. The first kappa shape index (κ1) is 61.9. The first-order valence-electron chi connectivity index (χ1n) is 25.9. The molecule has 3 unspecified atom stereocenters. The maximum absolute atomic E-state index is 12.7. The largest absolute Gasteiger partial charge is 0.472 e. The Morgan fingerprint density at radius 2 is 0.875 bits per heavy atom. The Morgan fingerprint density at radius 3 is 1.28 bits per heavy atom. The van der Waals surface area contributed by atoms with E-state index in [0.717, 1.165) is 70.6 Å². The van der Waals surface area contributed by atoms with E-state index in [2.05, 4.69) is 86.8 Å². The number of aliphatic hydroxyl groups is 2. The maximum atomic E-state index is 12.7. The minimum absolute atomic E-state index is 0.00809. The van der Waals surface area contributed by atoms with E-state index in [0.29, 0.717) is 6.61 Å². The van der Waals surface area contributed by atoms with E-state index in [1.165, 1.54) is 128 Å². The van der Waals surface area contributed by atoms with Crippen LogP contribution in [0.15, 0.2) is 72.9 Å². The molecule has 0 amide bonds. The van der Waals surface area contributed by atoms with Gasteiger partial charge in [-0.2, -0.15) is 0 Å². The predicted octanol–water partition coefficient (Wildman–Crippen LogP) is 15.3. The van der Waals surface area contributed by atoms with Crippen molar-refractivity contribution in [1.82, 2.24) is 0 Å². The molecular weight excluding hydrogens is 824 g/mol. The fourth-order valence-corrected chi connectivity index (χ4v) is 7.81. The molecule has 0 rings (SSSR count). The van der Waals surface area contributed by atoms with Gasteiger partial charge < -0.3 is 24.6 Å². The SMILES string of the molecule is CC/C=C\C/C=C\C/C=C\C/C=C\C/C=C\C/C=C\CCCOCC(COP(=O)(O)OCC(O)CO)OC(=O)CCCCCCCCCCCCCCCCCCCCCCCCC. The number of esters is 1. The van der Waals surface area contributed by atoms with Crippen LogP contribution in [-0.2, 0) is 27.9 Å². The van der Waals surface area contributed by atoms with E-state index in [1.807, 2.05) is 0 Å². The van der Waals surface area contributed by atoms with E-state index in [9.17, 15) is 19.4 Å². The quantitative estimate of drug-likeness (QED) is 0.0236. The van der Waals surface area contributed by atoms with Gasteiger partial charge in [-0.15, -0.1) is 0 Å². The van der Waals surface area contributed by atoms with Crippen molar-refractivity contribution >= 4 is 13.8 Å². The van der Waals surface area contributed by atoms with Crippen molar-refractivity contribution in [3.05, 3.63) is 72.9 Å². The summed E-state index contributed by atoms with van der Waals surface area (Å²) in [7, 11) is -4.54. The Morgan fingerprint density at radius 1 is 0.500 bits per heavy atom. The van der Waals surface area contributed by atoms with Crippen LogP contribution in [0.25, 0.3) is 0 Å². The summed E-state index contributed by atoms with van der Waals surface area (Å²) < 4.78 is 33.4. The standard InChI is InChI=1S/C54H97O9P/c1-3-5-7-9-11-13-15-17-19-21-23-25-26-27-28-30-32-34-36-38-40-42-44-46-54(57)63-53(51-62-64(58,59)61-49-52(56)48-55)50-60-47-45-43-41-39-37-35-33-31-29-24-22-20-18-16-14-12-10-8-6-4-2/h6,8,12,14,18,20,24,29,33,35,39,41,52-53,55-56H,3-5,7,9-11,13,15-17,19,21-23,25-28,30-32,34,36-38,40,42-51H2,1-2H3,(H,58,59)/b8-6-,14-12-,20-18-,29-24-,35-33-,41-39-. The molecule has 0 saturated carbocycles. The molecule has 372 valence electrons. The minimum Gasteiger partial charge on any atom is -0.457 e. The fraction of sp³-hybridized carbons (Fsp3) is 0.759. The molecule has 0 aliphatic carbocycles. The molecule has 10 heteroatoms. The van der Waals surface area contributed by atoms with Crippen LogP contribution < -0.4 is 0 Å². The van der Waals surface area contributed by atoms with Gasteiger partial charge in [-0.1, -0.05) is 228 Å². The van der Waals surface area contributed by atoms with Crippen LogP contribution in [0.2, 0.25) is 0 Å². The number of carbonyl (C=O) groups is 1. The highest BCUT2D eigenvalue weighted by molar-refractivity contribution is 7.47. The number of aliphatic hydroxyl groups excluding tert-OH is 2. The number of allylic oxidation sites excluding steroid dienone is 12. The van der Waals surface area contributed by atoms with E-state index >= 15 is 0 Å². The maximum Gasteiger partial charge on any atom is 0.472 e. The second kappa shape index (κ2) is 50.3. The number of phosphoric acid groups is 1. The summed E-state index contributed by atoms with van der Waals surface area (Å²) in [5.41, 5.74) is 0. The Labute approximate surface area is 392 Å². The van der Waals surface area contributed by atoms with Gasteiger partial charge in [-0.25, -0.2) is 4.57 Å². The summed E-state index contributed by atoms with van der Waals surface area (Å²) in [6, 6.07) is 0. The van der Waals surface area contributed by atoms with Crippen molar-refractivity contribution in [1.29, 1.82) is 0 Å². The van der Waals surface area contributed by atoms with Crippen LogP contribution in [0, 0.1) is 0 Å². The number of phosphoric ester groups is 1. The van der Waals surface area contributed by atoms with Crippen molar-refractivity contribution < 1.29 is 43.0 Å². The molecule has 0 bridgehead atoms. The molecule has 64 heavy (non-hydrogen) atoms. The van der Waals surface area contributed by atoms with Gasteiger partial charge in [0.1, 0.15) is 12.2 Å². The Hall–Kier alpha value is -2.10. The van der Waals surface area contributed by atoms with E-state index in [-0.39, 0.29) is 13.0 Å². The van der Waals surface area contributed by atoms with Crippen molar-refractivity contribution in [3.8, 4) is 0 Å². The van der Waals surface area contributed by atoms with Gasteiger partial charge in [0, 0.05) is 13.0 Å². The first-order valence-corrected chi connectivity index (χ1v) is 27.4. The van der Waals surface area contributed by atoms with Crippen molar-refractivity contribution in [2.45, 2.75) is 232 Å². The molecule has 0 heterocycles. The van der Waals surface area contributed by atoms with E-state index < -0.39 is 45.8 Å². The molecule has 0 aromatic rings. The monoisotopic (exact) mass is 921 g/mol. The normalized spacial score (nSPS) is 14.4. The highest BCUT2D eigenvalue weighted by Gasteiger charge is 2.26. The first-order chi connectivity index (χ1) is 31.3. The van der Waals surface area contributed by atoms with Gasteiger partial charge in [0.25, 0.3) is 0 Å². The van der Waals surface area contributed by atoms with Crippen LogP contribution >= 0.6 is 7.82 Å². The Balaban J connectivity index is 4.14. The summed E-state index contributed by atoms with van der Waals surface area (Å²) >= 11 is 0. The Kier molecular flexibility index (Phi) is 48.7. The summed E-state index contributed by atoms with van der Waals surface area (Å²) in [5, 5.41) is 18.4.